The van der Waals surface area contributed by atoms with Crippen LogP contribution in [0.5, 0.6) is 5.75 Å². The van der Waals surface area contributed by atoms with E-state index in [4.69, 9.17) is 9.47 Å². The minimum Gasteiger partial charge on any atom is -0.496 e. The molecule has 0 atom stereocenters. The van der Waals surface area contributed by atoms with Crippen LogP contribution in [0.25, 0.3) is 6.08 Å². The summed E-state index contributed by atoms with van der Waals surface area (Å²) in [5.74, 6) is 0.657. The maximum absolute atomic E-state index is 11.7. The predicted octanol–water partition coefficient (Wildman–Crippen LogP) is 1.86. The molecule has 19 heavy (non-hydrogen) atoms. The van der Waals surface area contributed by atoms with Crippen molar-refractivity contribution in [2.24, 2.45) is 5.41 Å². The van der Waals surface area contributed by atoms with E-state index in [0.717, 1.165) is 11.3 Å². The summed E-state index contributed by atoms with van der Waals surface area (Å²) >= 11 is 0. The molecule has 0 unspecified atom stereocenters. The van der Waals surface area contributed by atoms with Gasteiger partial charge in [0.2, 0.25) is 5.91 Å². The topological polar surface area (TPSA) is 47.6 Å². The number of rotatable bonds is 5. The van der Waals surface area contributed by atoms with E-state index in [9.17, 15) is 4.79 Å². The predicted molar refractivity (Wildman–Crippen MR) is 74.0 cm³/mol. The number of methoxy groups -OCH3 is 1. The summed E-state index contributed by atoms with van der Waals surface area (Å²) in [7, 11) is 1.62. The number of benzene rings is 1. The number of amides is 1. The van der Waals surface area contributed by atoms with E-state index in [-0.39, 0.29) is 11.3 Å². The van der Waals surface area contributed by atoms with E-state index in [2.05, 4.69) is 12.2 Å². The molecule has 0 saturated carbocycles. The van der Waals surface area contributed by atoms with Crippen molar-refractivity contribution in [1.29, 1.82) is 0 Å². The normalized spacial score (nSPS) is 16.9. The Balaban J connectivity index is 1.89. The number of carbonyl (C=O) groups excluding carboxylic acids is 1. The highest BCUT2D eigenvalue weighted by atomic mass is 16.5. The van der Waals surface area contributed by atoms with Gasteiger partial charge in [-0.05, 0) is 12.1 Å². The maximum atomic E-state index is 11.7. The van der Waals surface area contributed by atoms with Gasteiger partial charge in [-0.15, -0.1) is 0 Å². The second-order valence-electron chi connectivity index (χ2n) is 5.10. The summed E-state index contributed by atoms with van der Waals surface area (Å²) in [5, 5.41) is 2.89. The molecule has 4 heteroatoms. The molecular weight excluding hydrogens is 242 g/mol. The van der Waals surface area contributed by atoms with E-state index in [0.29, 0.717) is 19.8 Å². The standard InChI is InChI=1S/C15H19NO3/c1-15(10-19-11-15)9-16-14(17)8-7-12-5-3-4-6-13(12)18-2/h3-8H,9-11H2,1-2H3,(H,16,17). The van der Waals surface area contributed by atoms with Crippen molar-refractivity contribution < 1.29 is 14.3 Å². The highest BCUT2D eigenvalue weighted by Crippen LogP contribution is 2.25. The van der Waals surface area contributed by atoms with Crippen molar-refractivity contribution in [2.75, 3.05) is 26.9 Å². The van der Waals surface area contributed by atoms with Gasteiger partial charge < -0.3 is 14.8 Å². The Morgan fingerprint density at radius 2 is 2.21 bits per heavy atom. The Labute approximate surface area is 113 Å². The van der Waals surface area contributed by atoms with Crippen molar-refractivity contribution >= 4 is 12.0 Å². The third-order valence-corrected chi connectivity index (χ3v) is 3.14. The van der Waals surface area contributed by atoms with Crippen LogP contribution >= 0.6 is 0 Å². The number of para-hydroxylation sites is 1. The van der Waals surface area contributed by atoms with Crippen LogP contribution in [0.15, 0.2) is 30.3 Å². The van der Waals surface area contributed by atoms with Crippen LogP contribution in [0.3, 0.4) is 0 Å². The van der Waals surface area contributed by atoms with Gasteiger partial charge in [-0.2, -0.15) is 0 Å². The molecule has 1 heterocycles. The zero-order valence-electron chi connectivity index (χ0n) is 11.3. The third kappa shape index (κ3) is 3.58. The van der Waals surface area contributed by atoms with Crippen LogP contribution in [0.4, 0.5) is 0 Å². The summed E-state index contributed by atoms with van der Waals surface area (Å²) in [5.41, 5.74) is 0.979. The number of nitrogens with one attached hydrogen (secondary N) is 1. The fraction of sp³-hybridized carbons (Fsp3) is 0.400. The lowest BCUT2D eigenvalue weighted by atomic mass is 9.89. The Morgan fingerprint density at radius 1 is 1.47 bits per heavy atom. The Morgan fingerprint density at radius 3 is 2.84 bits per heavy atom. The van der Waals surface area contributed by atoms with Gasteiger partial charge in [0, 0.05) is 23.6 Å². The minimum absolute atomic E-state index is 0.0912. The van der Waals surface area contributed by atoms with Crippen LogP contribution in [0.2, 0.25) is 0 Å². The molecule has 1 aliphatic heterocycles. The average molecular weight is 261 g/mol. The van der Waals surface area contributed by atoms with Crippen LogP contribution in [-0.2, 0) is 9.53 Å². The summed E-state index contributed by atoms with van der Waals surface area (Å²) in [6.45, 7) is 4.16. The molecular formula is C15H19NO3. The van der Waals surface area contributed by atoms with Crippen molar-refractivity contribution in [3.05, 3.63) is 35.9 Å². The quantitative estimate of drug-likeness (QED) is 0.823. The average Bonchev–Trinajstić information content (AvgIpc) is 2.41. The van der Waals surface area contributed by atoms with Crippen molar-refractivity contribution in [3.63, 3.8) is 0 Å². The molecule has 0 aliphatic carbocycles. The summed E-state index contributed by atoms with van der Waals surface area (Å²) in [6, 6.07) is 7.58. The van der Waals surface area contributed by atoms with Gasteiger partial charge in [0.15, 0.2) is 0 Å². The lowest BCUT2D eigenvalue weighted by Crippen LogP contribution is -2.48. The van der Waals surface area contributed by atoms with E-state index < -0.39 is 0 Å². The third-order valence-electron chi connectivity index (χ3n) is 3.14. The number of ether oxygens (including phenoxy) is 2. The zero-order chi connectivity index (χ0) is 13.7. The van der Waals surface area contributed by atoms with Crippen molar-refractivity contribution in [2.45, 2.75) is 6.92 Å². The van der Waals surface area contributed by atoms with E-state index in [1.54, 1.807) is 13.2 Å². The summed E-state index contributed by atoms with van der Waals surface area (Å²) in [6.07, 6.45) is 3.29. The smallest absolute Gasteiger partial charge is 0.244 e. The molecule has 1 aromatic rings. The second-order valence-corrected chi connectivity index (χ2v) is 5.10. The fourth-order valence-corrected chi connectivity index (χ4v) is 1.88. The molecule has 102 valence electrons. The summed E-state index contributed by atoms with van der Waals surface area (Å²) < 4.78 is 10.4. The largest absolute Gasteiger partial charge is 0.496 e. The Kier molecular flexibility index (Phi) is 4.22. The Bertz CT molecular complexity index is 478. The summed E-state index contributed by atoms with van der Waals surface area (Å²) in [4.78, 5) is 11.7. The molecule has 1 N–H and O–H groups in total. The van der Waals surface area contributed by atoms with Crippen LogP contribution in [0.1, 0.15) is 12.5 Å². The molecule has 0 bridgehead atoms. The first kappa shape index (κ1) is 13.6. The minimum atomic E-state index is -0.0981. The molecule has 0 spiro atoms. The lowest BCUT2D eigenvalue weighted by molar-refractivity contribution is -0.122. The highest BCUT2D eigenvalue weighted by Gasteiger charge is 2.33. The molecule has 0 radical (unpaired) electrons. The van der Waals surface area contributed by atoms with Gasteiger partial charge >= 0.3 is 0 Å². The van der Waals surface area contributed by atoms with Crippen LogP contribution < -0.4 is 10.1 Å². The molecule has 4 nitrogen and oxygen atoms in total. The van der Waals surface area contributed by atoms with Crippen LogP contribution in [-0.4, -0.2) is 32.8 Å². The first-order valence-electron chi connectivity index (χ1n) is 6.30. The molecule has 1 amide bonds. The fourth-order valence-electron chi connectivity index (χ4n) is 1.88. The number of hydrogen-bond acceptors (Lipinski definition) is 3. The molecule has 1 aliphatic rings. The van der Waals surface area contributed by atoms with Crippen molar-refractivity contribution in [3.8, 4) is 5.75 Å². The molecule has 0 aromatic heterocycles. The van der Waals surface area contributed by atoms with Gasteiger partial charge in [0.1, 0.15) is 5.75 Å². The van der Waals surface area contributed by atoms with Gasteiger partial charge in [-0.25, -0.2) is 0 Å². The lowest BCUT2D eigenvalue weighted by Gasteiger charge is -2.37. The Hall–Kier alpha value is -1.81. The first-order chi connectivity index (χ1) is 9.13. The van der Waals surface area contributed by atoms with Crippen molar-refractivity contribution in [1.82, 2.24) is 5.32 Å². The number of carbonyl (C=O) groups is 1. The molecule has 1 fully saturated rings. The molecule has 1 saturated heterocycles. The van der Waals surface area contributed by atoms with Gasteiger partial charge in [0.25, 0.3) is 0 Å². The first-order valence-corrected chi connectivity index (χ1v) is 6.30. The monoisotopic (exact) mass is 261 g/mol. The molecule has 2 rings (SSSR count). The maximum Gasteiger partial charge on any atom is 0.244 e. The number of hydrogen-bond donors (Lipinski definition) is 1. The SMILES string of the molecule is COc1ccccc1C=CC(=O)NCC1(C)COC1. The van der Waals surface area contributed by atoms with Gasteiger partial charge in [-0.3, -0.25) is 4.79 Å². The zero-order valence-corrected chi connectivity index (χ0v) is 11.3. The van der Waals surface area contributed by atoms with E-state index in [1.807, 2.05) is 24.3 Å². The molecule has 1 aromatic carbocycles. The van der Waals surface area contributed by atoms with Crippen LogP contribution in [0, 0.1) is 5.41 Å². The highest BCUT2D eigenvalue weighted by molar-refractivity contribution is 5.92. The van der Waals surface area contributed by atoms with E-state index in [1.165, 1.54) is 6.08 Å². The van der Waals surface area contributed by atoms with Gasteiger partial charge in [-0.1, -0.05) is 25.1 Å². The van der Waals surface area contributed by atoms with Gasteiger partial charge in [0.05, 0.1) is 20.3 Å². The van der Waals surface area contributed by atoms with E-state index >= 15 is 0 Å². The second kappa shape index (κ2) is 5.89.